The highest BCUT2D eigenvalue weighted by Gasteiger charge is 2.30. The van der Waals surface area contributed by atoms with Gasteiger partial charge < -0.3 is 10.1 Å². The number of hydrogen-bond acceptors (Lipinski definition) is 5. The van der Waals surface area contributed by atoms with Gasteiger partial charge in [-0.1, -0.05) is 23.7 Å². The smallest absolute Gasteiger partial charge is 0.338 e. The van der Waals surface area contributed by atoms with Crippen LogP contribution in [0.15, 0.2) is 48.5 Å². The first-order valence-electron chi connectivity index (χ1n) is 8.58. The van der Waals surface area contributed by atoms with E-state index < -0.39 is 18.0 Å². The lowest BCUT2D eigenvalue weighted by molar-refractivity contribution is -0.124. The fourth-order valence-corrected chi connectivity index (χ4v) is 2.92. The maximum absolute atomic E-state index is 12.4. The number of halogens is 1. The van der Waals surface area contributed by atoms with Crippen LogP contribution in [0.4, 0.5) is 11.4 Å². The molecule has 1 N–H and O–H groups in total. The molecule has 0 bridgehead atoms. The fraction of sp³-hybridized carbons (Fsp3) is 0.200. The molecular weight excluding hydrogens is 384 g/mol. The van der Waals surface area contributed by atoms with Gasteiger partial charge in [-0.3, -0.25) is 19.3 Å². The number of amides is 3. The molecule has 0 radical (unpaired) electrons. The Morgan fingerprint density at radius 2 is 1.75 bits per heavy atom. The zero-order valence-electron chi connectivity index (χ0n) is 15.0. The Kier molecular flexibility index (Phi) is 5.75. The van der Waals surface area contributed by atoms with E-state index in [0.717, 1.165) is 4.90 Å². The van der Waals surface area contributed by atoms with Crippen molar-refractivity contribution in [3.05, 3.63) is 59.1 Å². The second-order valence-electron chi connectivity index (χ2n) is 6.22. The van der Waals surface area contributed by atoms with E-state index in [2.05, 4.69) is 5.32 Å². The van der Waals surface area contributed by atoms with Gasteiger partial charge >= 0.3 is 5.97 Å². The van der Waals surface area contributed by atoms with E-state index in [1.807, 2.05) is 0 Å². The number of benzene rings is 2. The van der Waals surface area contributed by atoms with Crippen molar-refractivity contribution in [1.82, 2.24) is 0 Å². The van der Waals surface area contributed by atoms with Crippen molar-refractivity contribution in [2.24, 2.45) is 0 Å². The molecule has 1 atom stereocenters. The number of hydrogen-bond donors (Lipinski definition) is 1. The van der Waals surface area contributed by atoms with Gasteiger partial charge in [0.1, 0.15) is 0 Å². The molecule has 0 spiro atoms. The quantitative estimate of drug-likeness (QED) is 0.614. The molecule has 0 aliphatic carbocycles. The van der Waals surface area contributed by atoms with Gasteiger partial charge in [0.05, 0.1) is 11.3 Å². The van der Waals surface area contributed by atoms with Crippen molar-refractivity contribution in [2.45, 2.75) is 25.9 Å². The lowest BCUT2D eigenvalue weighted by atomic mass is 10.2. The van der Waals surface area contributed by atoms with Gasteiger partial charge in [0, 0.05) is 23.6 Å². The number of anilines is 2. The maximum atomic E-state index is 12.4. The van der Waals surface area contributed by atoms with Gasteiger partial charge in [-0.05, 0) is 43.3 Å². The Labute approximate surface area is 166 Å². The van der Waals surface area contributed by atoms with Crippen LogP contribution in [0.5, 0.6) is 0 Å². The number of rotatable bonds is 5. The maximum Gasteiger partial charge on any atom is 0.338 e. The van der Waals surface area contributed by atoms with E-state index in [4.69, 9.17) is 16.3 Å². The molecule has 0 saturated carbocycles. The predicted molar refractivity (Wildman–Crippen MR) is 103 cm³/mol. The Hall–Kier alpha value is -3.19. The van der Waals surface area contributed by atoms with E-state index in [1.54, 1.807) is 36.4 Å². The fourth-order valence-electron chi connectivity index (χ4n) is 2.73. The molecule has 2 aromatic rings. The summed E-state index contributed by atoms with van der Waals surface area (Å²) < 4.78 is 5.20. The van der Waals surface area contributed by atoms with E-state index in [-0.39, 0.29) is 30.2 Å². The topological polar surface area (TPSA) is 92.8 Å². The van der Waals surface area contributed by atoms with Crippen molar-refractivity contribution in [1.29, 1.82) is 0 Å². The number of imide groups is 1. The number of nitrogens with one attached hydrogen (secondary N) is 1. The third kappa shape index (κ3) is 4.37. The summed E-state index contributed by atoms with van der Waals surface area (Å²) in [6, 6.07) is 12.6. The molecule has 1 aliphatic rings. The van der Waals surface area contributed by atoms with Gasteiger partial charge in [-0.25, -0.2) is 4.79 Å². The molecule has 0 aromatic heterocycles. The highest BCUT2D eigenvalue weighted by atomic mass is 35.5. The van der Waals surface area contributed by atoms with Crippen LogP contribution < -0.4 is 10.2 Å². The average Bonchev–Trinajstić information content (AvgIpc) is 3.00. The van der Waals surface area contributed by atoms with E-state index in [9.17, 15) is 19.2 Å². The second kappa shape index (κ2) is 8.22. The standard InChI is InChI=1S/C20H17ClN2O5/c1-12(19(26)22-15-6-3-5-14(21)11-15)28-20(27)13-4-2-7-16(10-13)23-17(24)8-9-18(23)25/h2-7,10-12H,8-9H2,1H3,(H,22,26)/t12-/m0/s1. The highest BCUT2D eigenvalue weighted by molar-refractivity contribution is 6.30. The summed E-state index contributed by atoms with van der Waals surface area (Å²) in [6.07, 6.45) is -0.771. The SMILES string of the molecule is C[C@H](OC(=O)c1cccc(N2C(=O)CCC2=O)c1)C(=O)Nc1cccc(Cl)c1. The van der Waals surface area contributed by atoms with Crippen molar-refractivity contribution in [3.63, 3.8) is 0 Å². The second-order valence-corrected chi connectivity index (χ2v) is 6.66. The monoisotopic (exact) mass is 400 g/mol. The summed E-state index contributed by atoms with van der Waals surface area (Å²) in [5, 5.41) is 3.07. The molecule has 0 unspecified atom stereocenters. The molecule has 1 saturated heterocycles. The third-order valence-corrected chi connectivity index (χ3v) is 4.37. The minimum absolute atomic E-state index is 0.132. The van der Waals surface area contributed by atoms with Gasteiger partial charge in [0.25, 0.3) is 5.91 Å². The van der Waals surface area contributed by atoms with Crippen molar-refractivity contribution in [2.75, 3.05) is 10.2 Å². The minimum atomic E-state index is -1.06. The van der Waals surface area contributed by atoms with Crippen LogP contribution in [-0.4, -0.2) is 29.8 Å². The first kappa shape index (κ1) is 19.6. The summed E-state index contributed by atoms with van der Waals surface area (Å²) in [6.45, 7) is 1.44. The molecule has 3 rings (SSSR count). The molecule has 8 heteroatoms. The summed E-state index contributed by atoms with van der Waals surface area (Å²) in [5.74, 6) is -1.89. The summed E-state index contributed by atoms with van der Waals surface area (Å²) in [4.78, 5) is 49.4. The van der Waals surface area contributed by atoms with Gasteiger partial charge in [0.2, 0.25) is 11.8 Å². The number of nitrogens with zero attached hydrogens (tertiary/aromatic N) is 1. The van der Waals surface area contributed by atoms with Crippen molar-refractivity contribution < 1.29 is 23.9 Å². The molecule has 1 fully saturated rings. The Morgan fingerprint density at radius 3 is 2.43 bits per heavy atom. The Balaban J connectivity index is 1.67. The zero-order chi connectivity index (χ0) is 20.3. The number of carbonyl (C=O) groups excluding carboxylic acids is 4. The van der Waals surface area contributed by atoms with Gasteiger partial charge in [-0.2, -0.15) is 0 Å². The molecule has 7 nitrogen and oxygen atoms in total. The van der Waals surface area contributed by atoms with Crippen LogP contribution in [0.3, 0.4) is 0 Å². The normalized spacial score (nSPS) is 14.7. The predicted octanol–water partition coefficient (Wildman–Crippen LogP) is 3.18. The Bertz CT molecular complexity index is 943. The summed E-state index contributed by atoms with van der Waals surface area (Å²) in [5.41, 5.74) is 0.916. The van der Waals surface area contributed by atoms with E-state index in [0.29, 0.717) is 16.4 Å². The lowest BCUT2D eigenvalue weighted by Gasteiger charge is -2.16. The first-order chi connectivity index (χ1) is 13.3. The molecule has 144 valence electrons. The average molecular weight is 401 g/mol. The van der Waals surface area contributed by atoms with E-state index in [1.165, 1.54) is 19.1 Å². The Morgan fingerprint density at radius 1 is 1.07 bits per heavy atom. The summed E-state index contributed by atoms with van der Waals surface area (Å²) >= 11 is 5.87. The molecule has 28 heavy (non-hydrogen) atoms. The largest absolute Gasteiger partial charge is 0.449 e. The van der Waals surface area contributed by atoms with Gasteiger partial charge in [0.15, 0.2) is 6.10 Å². The molecule has 3 amide bonds. The molecule has 2 aromatic carbocycles. The van der Waals surface area contributed by atoms with Crippen LogP contribution in [0.2, 0.25) is 5.02 Å². The third-order valence-electron chi connectivity index (χ3n) is 4.14. The number of ether oxygens (including phenoxy) is 1. The van der Waals surface area contributed by atoms with Crippen LogP contribution in [0, 0.1) is 0 Å². The lowest BCUT2D eigenvalue weighted by Crippen LogP contribution is -2.30. The number of carbonyl (C=O) groups is 4. The summed E-state index contributed by atoms with van der Waals surface area (Å²) in [7, 11) is 0. The van der Waals surface area contributed by atoms with E-state index >= 15 is 0 Å². The number of esters is 1. The van der Waals surface area contributed by atoms with Crippen LogP contribution in [0.1, 0.15) is 30.1 Å². The van der Waals surface area contributed by atoms with Crippen LogP contribution >= 0.6 is 11.6 Å². The van der Waals surface area contributed by atoms with Crippen molar-refractivity contribution >= 4 is 46.7 Å². The highest BCUT2D eigenvalue weighted by Crippen LogP contribution is 2.24. The molecular formula is C20H17ClN2O5. The minimum Gasteiger partial charge on any atom is -0.449 e. The van der Waals surface area contributed by atoms with Crippen molar-refractivity contribution in [3.8, 4) is 0 Å². The first-order valence-corrected chi connectivity index (χ1v) is 8.96. The molecule has 1 aliphatic heterocycles. The van der Waals surface area contributed by atoms with Crippen LogP contribution in [0.25, 0.3) is 0 Å². The van der Waals surface area contributed by atoms with Gasteiger partial charge in [-0.15, -0.1) is 0 Å². The van der Waals surface area contributed by atoms with Crippen LogP contribution in [-0.2, 0) is 19.1 Å². The zero-order valence-corrected chi connectivity index (χ0v) is 15.7. The molecule has 1 heterocycles.